The molecule has 0 aromatic heterocycles. The van der Waals surface area contributed by atoms with E-state index in [4.69, 9.17) is 25.8 Å². The van der Waals surface area contributed by atoms with E-state index in [9.17, 15) is 4.79 Å². The molecule has 2 aromatic carbocycles. The molecule has 1 heterocycles. The van der Waals surface area contributed by atoms with E-state index in [0.29, 0.717) is 23.9 Å². The first kappa shape index (κ1) is 21.4. The maximum atomic E-state index is 12.3. The Labute approximate surface area is 176 Å². The second kappa shape index (κ2) is 11.0. The molecular weight excluding hydrogens is 392 g/mol. The number of morpholine rings is 1. The average molecular weight is 419 g/mol. The first-order valence-corrected chi connectivity index (χ1v) is 10.2. The third-order valence-electron chi connectivity index (χ3n) is 4.65. The van der Waals surface area contributed by atoms with Crippen LogP contribution in [0.2, 0.25) is 5.02 Å². The number of amides is 1. The molecule has 1 aliphatic rings. The highest BCUT2D eigenvalue weighted by atomic mass is 35.5. The van der Waals surface area contributed by atoms with Crippen molar-refractivity contribution in [1.82, 2.24) is 10.2 Å². The smallest absolute Gasteiger partial charge is 0.261 e. The lowest BCUT2D eigenvalue weighted by Crippen LogP contribution is -2.38. The van der Waals surface area contributed by atoms with Crippen molar-refractivity contribution >= 4 is 17.5 Å². The number of rotatable bonds is 9. The second-order valence-corrected chi connectivity index (χ2v) is 7.27. The van der Waals surface area contributed by atoms with Crippen LogP contribution in [0.1, 0.15) is 12.5 Å². The van der Waals surface area contributed by atoms with Gasteiger partial charge in [0.15, 0.2) is 6.10 Å². The molecule has 0 bridgehead atoms. The first-order valence-electron chi connectivity index (χ1n) is 9.82. The summed E-state index contributed by atoms with van der Waals surface area (Å²) in [6, 6.07) is 14.8. The summed E-state index contributed by atoms with van der Waals surface area (Å²) in [5.74, 6) is 1.08. The van der Waals surface area contributed by atoms with Crippen molar-refractivity contribution in [2.24, 2.45) is 0 Å². The molecule has 7 heteroatoms. The number of nitrogens with one attached hydrogen (secondary N) is 1. The molecule has 29 heavy (non-hydrogen) atoms. The fourth-order valence-corrected chi connectivity index (χ4v) is 3.16. The molecule has 2 aromatic rings. The van der Waals surface area contributed by atoms with Crippen LogP contribution in [0.5, 0.6) is 11.5 Å². The normalized spacial score (nSPS) is 15.5. The van der Waals surface area contributed by atoms with E-state index in [1.807, 2.05) is 36.4 Å². The topological polar surface area (TPSA) is 60.0 Å². The Morgan fingerprint density at radius 3 is 2.79 bits per heavy atom. The zero-order valence-electron chi connectivity index (χ0n) is 16.6. The van der Waals surface area contributed by atoms with Gasteiger partial charge in [-0.05, 0) is 36.8 Å². The van der Waals surface area contributed by atoms with Crippen LogP contribution in [0.3, 0.4) is 0 Å². The lowest BCUT2D eigenvalue weighted by atomic mass is 10.2. The molecule has 0 radical (unpaired) electrons. The molecule has 1 fully saturated rings. The van der Waals surface area contributed by atoms with Gasteiger partial charge in [0.05, 0.1) is 18.2 Å². The number of carbonyl (C=O) groups excluding carboxylic acids is 1. The Hall–Kier alpha value is -2.28. The molecular formula is C22H27ClN2O4. The number of ether oxygens (including phenoxy) is 3. The molecule has 0 spiro atoms. The van der Waals surface area contributed by atoms with Crippen LogP contribution in [0.25, 0.3) is 0 Å². The number of hydrogen-bond donors (Lipinski definition) is 1. The molecule has 6 nitrogen and oxygen atoms in total. The van der Waals surface area contributed by atoms with Gasteiger partial charge < -0.3 is 19.5 Å². The number of carbonyl (C=O) groups is 1. The predicted octanol–water partition coefficient (Wildman–Crippen LogP) is 3.13. The van der Waals surface area contributed by atoms with Gasteiger partial charge in [-0.3, -0.25) is 9.69 Å². The first-order chi connectivity index (χ1) is 14.1. The fourth-order valence-electron chi connectivity index (χ4n) is 2.98. The predicted molar refractivity (Wildman–Crippen MR) is 113 cm³/mol. The van der Waals surface area contributed by atoms with Gasteiger partial charge in [0.25, 0.3) is 5.91 Å². The number of halogens is 1. The minimum Gasteiger partial charge on any atom is -0.492 e. The summed E-state index contributed by atoms with van der Waals surface area (Å²) < 4.78 is 16.9. The van der Waals surface area contributed by atoms with Crippen LogP contribution in [0, 0.1) is 0 Å². The third-order valence-corrected chi connectivity index (χ3v) is 4.97. The van der Waals surface area contributed by atoms with Crippen LogP contribution in [0.15, 0.2) is 48.5 Å². The maximum Gasteiger partial charge on any atom is 0.261 e. The minimum absolute atomic E-state index is 0.205. The molecule has 1 N–H and O–H groups in total. The molecule has 1 aliphatic heterocycles. The summed E-state index contributed by atoms with van der Waals surface area (Å²) >= 11 is 6.07. The van der Waals surface area contributed by atoms with Gasteiger partial charge in [0.2, 0.25) is 0 Å². The van der Waals surface area contributed by atoms with Crippen molar-refractivity contribution in [2.45, 2.75) is 19.6 Å². The van der Waals surface area contributed by atoms with Crippen LogP contribution in [0.4, 0.5) is 0 Å². The van der Waals surface area contributed by atoms with Crippen LogP contribution >= 0.6 is 11.6 Å². The zero-order valence-corrected chi connectivity index (χ0v) is 17.4. The number of hydrogen-bond acceptors (Lipinski definition) is 5. The van der Waals surface area contributed by atoms with Gasteiger partial charge in [-0.1, -0.05) is 35.9 Å². The average Bonchev–Trinajstić information content (AvgIpc) is 2.74. The standard InChI is InChI=1S/C22H27ClN2O4/c1-17(29-21-8-3-2-7-20(21)23)22(26)24-16-18-5-4-6-19(15-18)28-14-11-25-9-12-27-13-10-25/h2-8,15,17H,9-14,16H2,1H3,(H,24,26). The van der Waals surface area contributed by atoms with E-state index in [-0.39, 0.29) is 5.91 Å². The summed E-state index contributed by atoms with van der Waals surface area (Å²) in [5.41, 5.74) is 0.965. The van der Waals surface area contributed by atoms with Gasteiger partial charge in [0, 0.05) is 26.2 Å². The zero-order chi connectivity index (χ0) is 20.5. The highest BCUT2D eigenvalue weighted by Crippen LogP contribution is 2.24. The highest BCUT2D eigenvalue weighted by molar-refractivity contribution is 6.32. The number of para-hydroxylation sites is 1. The Kier molecular flexibility index (Phi) is 8.16. The quantitative estimate of drug-likeness (QED) is 0.678. The molecule has 1 saturated heterocycles. The van der Waals surface area contributed by atoms with E-state index in [2.05, 4.69) is 10.2 Å². The van der Waals surface area contributed by atoms with Crippen molar-refractivity contribution in [3.63, 3.8) is 0 Å². The van der Waals surface area contributed by atoms with Crippen LogP contribution in [-0.2, 0) is 16.1 Å². The fraction of sp³-hybridized carbons (Fsp3) is 0.409. The summed E-state index contributed by atoms with van der Waals surface area (Å²) in [7, 11) is 0. The molecule has 1 atom stereocenters. The number of benzene rings is 2. The summed E-state index contributed by atoms with van der Waals surface area (Å²) in [4.78, 5) is 14.7. The Morgan fingerprint density at radius 1 is 1.21 bits per heavy atom. The molecule has 3 rings (SSSR count). The molecule has 1 unspecified atom stereocenters. The summed E-state index contributed by atoms with van der Waals surface area (Å²) in [6.45, 7) is 7.06. The molecule has 0 saturated carbocycles. The maximum absolute atomic E-state index is 12.3. The van der Waals surface area contributed by atoms with Gasteiger partial charge >= 0.3 is 0 Å². The Balaban J connectivity index is 1.43. The van der Waals surface area contributed by atoms with Gasteiger partial charge in [-0.15, -0.1) is 0 Å². The Morgan fingerprint density at radius 2 is 2.00 bits per heavy atom. The monoisotopic (exact) mass is 418 g/mol. The Bertz CT molecular complexity index is 796. The van der Waals surface area contributed by atoms with Crippen molar-refractivity contribution in [3.8, 4) is 11.5 Å². The van der Waals surface area contributed by atoms with Crippen molar-refractivity contribution in [3.05, 3.63) is 59.1 Å². The minimum atomic E-state index is -0.650. The highest BCUT2D eigenvalue weighted by Gasteiger charge is 2.16. The lowest BCUT2D eigenvalue weighted by molar-refractivity contribution is -0.127. The van der Waals surface area contributed by atoms with Crippen molar-refractivity contribution in [1.29, 1.82) is 0 Å². The molecule has 1 amide bonds. The second-order valence-electron chi connectivity index (χ2n) is 6.86. The summed E-state index contributed by atoms with van der Waals surface area (Å²) in [6.07, 6.45) is -0.650. The lowest BCUT2D eigenvalue weighted by Gasteiger charge is -2.26. The molecule has 156 valence electrons. The van der Waals surface area contributed by atoms with Crippen LogP contribution in [-0.4, -0.2) is 56.4 Å². The van der Waals surface area contributed by atoms with E-state index >= 15 is 0 Å². The van der Waals surface area contributed by atoms with Crippen molar-refractivity contribution < 1.29 is 19.0 Å². The molecule has 0 aliphatic carbocycles. The van der Waals surface area contributed by atoms with Gasteiger partial charge in [-0.25, -0.2) is 0 Å². The van der Waals surface area contributed by atoms with E-state index in [1.165, 1.54) is 0 Å². The SMILES string of the molecule is CC(Oc1ccccc1Cl)C(=O)NCc1cccc(OCCN2CCOCC2)c1. The number of nitrogens with zero attached hydrogens (tertiary/aromatic N) is 1. The van der Waals surface area contributed by atoms with Crippen LogP contribution < -0.4 is 14.8 Å². The van der Waals surface area contributed by atoms with E-state index < -0.39 is 6.10 Å². The van der Waals surface area contributed by atoms with Gasteiger partial charge in [0.1, 0.15) is 18.1 Å². The summed E-state index contributed by atoms with van der Waals surface area (Å²) in [5, 5.41) is 3.37. The van der Waals surface area contributed by atoms with E-state index in [1.54, 1.807) is 19.1 Å². The van der Waals surface area contributed by atoms with Crippen molar-refractivity contribution in [2.75, 3.05) is 39.5 Å². The largest absolute Gasteiger partial charge is 0.492 e. The van der Waals surface area contributed by atoms with Gasteiger partial charge in [-0.2, -0.15) is 0 Å². The third kappa shape index (κ3) is 6.92. The van der Waals surface area contributed by atoms with E-state index in [0.717, 1.165) is 44.2 Å².